The molecule has 3 N–H and O–H groups in total. The number of amides is 7. The van der Waals surface area contributed by atoms with Crippen LogP contribution in [0.2, 0.25) is 0 Å². The number of likely N-dealkylation sites (tertiary alicyclic amines) is 2. The Bertz CT molecular complexity index is 1980. The van der Waals surface area contributed by atoms with E-state index in [1.165, 1.54) is 41.9 Å². The first-order chi connectivity index (χ1) is 30.2. The molecule has 0 radical (unpaired) electrons. The van der Waals surface area contributed by atoms with Crippen molar-refractivity contribution in [1.82, 2.24) is 24.9 Å². The van der Waals surface area contributed by atoms with E-state index >= 15 is 0 Å². The molecule has 4 heterocycles. The Labute approximate surface area is 383 Å². The molecule has 2 aromatic rings. The van der Waals surface area contributed by atoms with Crippen LogP contribution < -0.4 is 11.1 Å². The number of rotatable bonds is 11. The zero-order valence-corrected chi connectivity index (χ0v) is 38.6. The Morgan fingerprint density at radius 1 is 0.625 bits per heavy atom. The number of nitrogens with zero attached hydrogens (tertiary/aromatic N) is 4. The molecule has 14 nitrogen and oxygen atoms in total. The molecule has 0 bridgehead atoms. The summed E-state index contributed by atoms with van der Waals surface area (Å²) in [5.41, 5.74) is 7.29. The van der Waals surface area contributed by atoms with Crippen LogP contribution in [-0.2, 0) is 14.3 Å². The molecule has 2 saturated carbocycles. The fraction of sp³-hybridized carbons (Fsp3) is 0.612. The summed E-state index contributed by atoms with van der Waals surface area (Å²) in [4.78, 5) is 96.0. The van der Waals surface area contributed by atoms with Gasteiger partial charge in [0.1, 0.15) is 11.6 Å². The van der Waals surface area contributed by atoms with E-state index in [4.69, 9.17) is 10.5 Å². The quantitative estimate of drug-likeness (QED) is 0.222. The van der Waals surface area contributed by atoms with Gasteiger partial charge in [-0.05, 0) is 134 Å². The van der Waals surface area contributed by atoms with E-state index in [1.807, 2.05) is 9.80 Å². The molecular formula is C49H67ClN6O8. The van der Waals surface area contributed by atoms with Crippen molar-refractivity contribution in [3.05, 3.63) is 70.8 Å². The van der Waals surface area contributed by atoms with Crippen LogP contribution in [0.25, 0.3) is 0 Å². The second-order valence-corrected chi connectivity index (χ2v) is 19.3. The van der Waals surface area contributed by atoms with Crippen molar-refractivity contribution in [2.45, 2.75) is 153 Å². The van der Waals surface area contributed by atoms with Gasteiger partial charge in [-0.1, -0.05) is 49.9 Å². The lowest BCUT2D eigenvalue weighted by atomic mass is 9.78. The molecule has 6 atom stereocenters. The van der Waals surface area contributed by atoms with Crippen LogP contribution in [-0.4, -0.2) is 117 Å². The summed E-state index contributed by atoms with van der Waals surface area (Å²) in [5.74, 6) is 0.000200. The van der Waals surface area contributed by atoms with Gasteiger partial charge < -0.3 is 25.6 Å². The van der Waals surface area contributed by atoms with Gasteiger partial charge in [0.15, 0.2) is 0 Å². The molecule has 0 unspecified atom stereocenters. The van der Waals surface area contributed by atoms with Crippen LogP contribution in [0.5, 0.6) is 0 Å². The summed E-state index contributed by atoms with van der Waals surface area (Å²) in [7, 11) is 0. The summed E-state index contributed by atoms with van der Waals surface area (Å²) in [6.07, 6.45) is 14.8. The van der Waals surface area contributed by atoms with Gasteiger partial charge in [-0.15, -0.1) is 12.4 Å². The van der Waals surface area contributed by atoms with Crippen molar-refractivity contribution >= 4 is 53.9 Å². The smallest absolute Gasteiger partial charge is 0.408 e. The van der Waals surface area contributed by atoms with Gasteiger partial charge in [0, 0.05) is 38.3 Å². The Balaban J connectivity index is 0.000000214. The molecule has 7 amide bonds. The molecule has 0 spiro atoms. The monoisotopic (exact) mass is 902 g/mol. The van der Waals surface area contributed by atoms with Crippen LogP contribution in [0.1, 0.15) is 165 Å². The highest BCUT2D eigenvalue weighted by Gasteiger charge is 2.41. The largest absolute Gasteiger partial charge is 0.444 e. The maximum Gasteiger partial charge on any atom is 0.408 e. The van der Waals surface area contributed by atoms with E-state index in [0.29, 0.717) is 78.9 Å². The maximum atomic E-state index is 13.7. The van der Waals surface area contributed by atoms with E-state index < -0.39 is 23.8 Å². The maximum absolute atomic E-state index is 13.7. The first-order valence-corrected chi connectivity index (χ1v) is 23.5. The number of hydrogen-bond donors (Lipinski definition) is 2. The Morgan fingerprint density at radius 3 is 1.45 bits per heavy atom. The molecule has 2 saturated heterocycles. The van der Waals surface area contributed by atoms with Gasteiger partial charge in [-0.3, -0.25) is 38.6 Å². The number of nitrogens with two attached hydrogens (primary N) is 1. The second kappa shape index (κ2) is 21.4. The second-order valence-electron chi connectivity index (χ2n) is 19.3. The predicted octanol–water partition coefficient (Wildman–Crippen LogP) is 7.13. The van der Waals surface area contributed by atoms with Gasteiger partial charge in [0.2, 0.25) is 11.8 Å². The van der Waals surface area contributed by atoms with Gasteiger partial charge in [0.05, 0.1) is 28.3 Å². The Kier molecular flexibility index (Phi) is 16.3. The van der Waals surface area contributed by atoms with Crippen LogP contribution in [0, 0.1) is 11.8 Å². The summed E-state index contributed by atoms with van der Waals surface area (Å²) in [6, 6.07) is 12.9. The minimum Gasteiger partial charge on any atom is -0.444 e. The average Bonchev–Trinajstić information content (AvgIpc) is 3.67. The molecule has 2 aliphatic carbocycles. The number of nitrogens with one attached hydrogen (secondary N) is 1. The number of alkyl carbamates (subject to hydrolysis) is 1. The number of hydrogen-bond acceptors (Lipinski definition) is 9. The number of ether oxygens (including phenoxy) is 1. The molecule has 4 aliphatic heterocycles. The van der Waals surface area contributed by atoms with Crippen LogP contribution in [0.4, 0.5) is 4.79 Å². The SMILES string of the molecule is CC(C)(C)OC(=O)N[C@H](CCCN1C(=O)c2ccccc2C1=O)C(=O)N1CCC[C@H]2CCCC[C@@H]21.Cl.N[C@H](CCCN1C(=O)c2ccccc2C1=O)C(=O)N1CCC[C@H]2CCCC[C@@H]21. The van der Waals surface area contributed by atoms with E-state index in [9.17, 15) is 33.6 Å². The van der Waals surface area contributed by atoms with E-state index in [1.54, 1.807) is 69.3 Å². The van der Waals surface area contributed by atoms with Crippen molar-refractivity contribution in [1.29, 1.82) is 0 Å². The molecule has 64 heavy (non-hydrogen) atoms. The zero-order valence-electron chi connectivity index (χ0n) is 37.8. The normalized spacial score (nSPS) is 23.7. The topological polar surface area (TPSA) is 180 Å². The lowest BCUT2D eigenvalue weighted by Crippen LogP contribution is -2.56. The number of imide groups is 2. The van der Waals surface area contributed by atoms with E-state index in [-0.39, 0.29) is 60.4 Å². The number of fused-ring (bicyclic) bond motifs is 4. The molecule has 2 aromatic carbocycles. The molecule has 15 heteroatoms. The summed E-state index contributed by atoms with van der Waals surface area (Å²) >= 11 is 0. The van der Waals surface area contributed by atoms with Gasteiger partial charge in [-0.25, -0.2) is 4.79 Å². The molecular weight excluding hydrogens is 836 g/mol. The number of benzene rings is 2. The number of piperidine rings is 2. The fourth-order valence-electron chi connectivity index (χ4n) is 10.8. The van der Waals surface area contributed by atoms with Gasteiger partial charge >= 0.3 is 6.09 Å². The number of carbonyl (C=O) groups is 7. The highest BCUT2D eigenvalue weighted by Crippen LogP contribution is 2.37. The van der Waals surface area contributed by atoms with Gasteiger partial charge in [0.25, 0.3) is 23.6 Å². The van der Waals surface area contributed by atoms with Crippen molar-refractivity contribution < 1.29 is 38.3 Å². The Hall–Kier alpha value is -4.82. The van der Waals surface area contributed by atoms with Crippen molar-refractivity contribution in [2.24, 2.45) is 17.6 Å². The lowest BCUT2D eigenvalue weighted by Gasteiger charge is -2.45. The van der Waals surface area contributed by atoms with Gasteiger partial charge in [-0.2, -0.15) is 0 Å². The zero-order chi connectivity index (χ0) is 44.8. The fourth-order valence-corrected chi connectivity index (χ4v) is 10.8. The van der Waals surface area contributed by atoms with Crippen LogP contribution in [0.15, 0.2) is 48.5 Å². The molecule has 4 fully saturated rings. The number of carbonyl (C=O) groups excluding carboxylic acids is 7. The van der Waals surface area contributed by atoms with E-state index in [2.05, 4.69) is 5.32 Å². The van der Waals surface area contributed by atoms with E-state index in [0.717, 1.165) is 51.5 Å². The third-order valence-corrected chi connectivity index (χ3v) is 13.9. The highest BCUT2D eigenvalue weighted by molar-refractivity contribution is 6.22. The summed E-state index contributed by atoms with van der Waals surface area (Å²) < 4.78 is 5.43. The molecule has 0 aromatic heterocycles. The number of halogens is 1. The summed E-state index contributed by atoms with van der Waals surface area (Å²) in [5, 5.41) is 2.79. The summed E-state index contributed by atoms with van der Waals surface area (Å²) in [6.45, 7) is 7.35. The minimum absolute atomic E-state index is 0. The van der Waals surface area contributed by atoms with Crippen molar-refractivity contribution in [3.63, 3.8) is 0 Å². The molecule has 348 valence electrons. The lowest BCUT2D eigenvalue weighted by molar-refractivity contribution is -0.140. The van der Waals surface area contributed by atoms with Crippen molar-refractivity contribution in [3.8, 4) is 0 Å². The average molecular weight is 904 g/mol. The highest BCUT2D eigenvalue weighted by atomic mass is 35.5. The predicted molar refractivity (Wildman–Crippen MR) is 244 cm³/mol. The van der Waals surface area contributed by atoms with Crippen LogP contribution >= 0.6 is 12.4 Å². The minimum atomic E-state index is -0.763. The molecule has 6 aliphatic rings. The van der Waals surface area contributed by atoms with Crippen molar-refractivity contribution in [2.75, 3.05) is 26.2 Å². The molecule has 8 rings (SSSR count). The third kappa shape index (κ3) is 11.0. The standard InChI is InChI=1S/C27H37N3O5.C22H29N3O3.ClH/c1-27(2,3)35-26(34)28-21(25(33)29-16-8-11-18-10-4-7-15-22(18)29)14-9-17-30-23(31)19-12-5-6-13-20(19)24(30)32;23-18(22(28)24-13-5-8-15-7-1-4-12-19(15)24)11-6-14-25-20(26)16-9-2-3-10-17(16)21(25)27;/h5-6,12-13,18,21-22H,4,7-11,14-17H2,1-3H3,(H,28,34);2-3,9-10,15,18-19H,1,4-8,11-14,23H2;1H/t18-,21-,22+;15-,18-,19+;/m11./s1. The third-order valence-electron chi connectivity index (χ3n) is 13.9. The van der Waals surface area contributed by atoms with Crippen LogP contribution in [0.3, 0.4) is 0 Å². The first kappa shape index (κ1) is 48.6. The first-order valence-electron chi connectivity index (χ1n) is 23.5. The Morgan fingerprint density at radius 2 is 1.02 bits per heavy atom.